The fourth-order valence-electron chi connectivity index (χ4n) is 3.03. The highest BCUT2D eigenvalue weighted by molar-refractivity contribution is 5.83. The predicted octanol–water partition coefficient (Wildman–Crippen LogP) is 5.26. The quantitative estimate of drug-likeness (QED) is 0.571. The average Bonchev–Trinajstić information content (AvgIpc) is 2.72. The second kappa shape index (κ2) is 9.63. The van der Waals surface area contributed by atoms with Gasteiger partial charge in [0.1, 0.15) is 6.61 Å². The van der Waals surface area contributed by atoms with Gasteiger partial charge in [0, 0.05) is 20.1 Å². The van der Waals surface area contributed by atoms with Gasteiger partial charge in [0.2, 0.25) is 0 Å². The second-order valence-electron chi connectivity index (χ2n) is 7.12. The molecule has 0 heterocycles. The van der Waals surface area contributed by atoms with Gasteiger partial charge in [0.15, 0.2) is 0 Å². The van der Waals surface area contributed by atoms with Gasteiger partial charge in [0.25, 0.3) is 0 Å². The minimum absolute atomic E-state index is 0.110. The molecule has 3 aromatic rings. The average molecular weight is 416 g/mol. The van der Waals surface area contributed by atoms with E-state index < -0.39 is 12.8 Å². The minimum atomic E-state index is -4.33. The fourth-order valence-corrected chi connectivity index (χ4v) is 3.03. The van der Waals surface area contributed by atoms with E-state index in [1.807, 2.05) is 36.4 Å². The van der Waals surface area contributed by atoms with Crippen LogP contribution in [0.1, 0.15) is 16.7 Å². The third kappa shape index (κ3) is 6.49. The van der Waals surface area contributed by atoms with Crippen molar-refractivity contribution in [3.63, 3.8) is 0 Å². The van der Waals surface area contributed by atoms with Crippen molar-refractivity contribution < 1.29 is 22.7 Å². The molecule has 3 aromatic carbocycles. The van der Waals surface area contributed by atoms with Gasteiger partial charge in [-0.1, -0.05) is 60.7 Å². The number of halogens is 3. The monoisotopic (exact) mass is 416 g/mol. The number of carbonyl (C=O) groups excluding carboxylic acids is 1. The topological polar surface area (TPSA) is 41.6 Å². The lowest BCUT2D eigenvalue weighted by Crippen LogP contribution is -2.36. The Morgan fingerprint density at radius 1 is 0.933 bits per heavy atom. The highest BCUT2D eigenvalue weighted by atomic mass is 19.4. The van der Waals surface area contributed by atoms with Crippen molar-refractivity contribution in [2.45, 2.75) is 25.9 Å². The summed E-state index contributed by atoms with van der Waals surface area (Å²) in [4.78, 5) is 14.0. The van der Waals surface area contributed by atoms with E-state index >= 15 is 0 Å². The molecule has 2 amide bonds. The fraction of sp³-hybridized carbons (Fsp3) is 0.261. The maximum atomic E-state index is 12.4. The van der Waals surface area contributed by atoms with E-state index in [0.717, 1.165) is 21.9 Å². The van der Waals surface area contributed by atoms with Crippen molar-refractivity contribution in [2.24, 2.45) is 0 Å². The summed E-state index contributed by atoms with van der Waals surface area (Å²) in [6.07, 6.45) is -4.33. The van der Waals surface area contributed by atoms with Crippen LogP contribution in [0, 0.1) is 0 Å². The van der Waals surface area contributed by atoms with Crippen LogP contribution in [0.15, 0.2) is 66.7 Å². The molecule has 158 valence electrons. The first-order valence-electron chi connectivity index (χ1n) is 9.49. The molecule has 0 atom stereocenters. The molecule has 3 rings (SSSR count). The van der Waals surface area contributed by atoms with E-state index in [0.29, 0.717) is 18.7 Å². The van der Waals surface area contributed by atoms with Gasteiger partial charge in [-0.25, -0.2) is 4.79 Å². The van der Waals surface area contributed by atoms with Crippen LogP contribution in [0.2, 0.25) is 0 Å². The molecule has 7 heteroatoms. The molecule has 0 aromatic heterocycles. The summed E-state index contributed by atoms with van der Waals surface area (Å²) in [6, 6.07) is 20.9. The number of ether oxygens (including phenoxy) is 1. The summed E-state index contributed by atoms with van der Waals surface area (Å²) in [5.74, 6) is 0. The van der Waals surface area contributed by atoms with Crippen LogP contribution in [0.25, 0.3) is 10.8 Å². The van der Waals surface area contributed by atoms with Gasteiger partial charge >= 0.3 is 12.2 Å². The zero-order chi connectivity index (χ0) is 21.6. The summed E-state index contributed by atoms with van der Waals surface area (Å²) in [6.45, 7) is -0.578. The lowest BCUT2D eigenvalue weighted by atomic mass is 10.1. The van der Waals surface area contributed by atoms with Crippen LogP contribution < -0.4 is 5.32 Å². The summed E-state index contributed by atoms with van der Waals surface area (Å²) in [7, 11) is 1.73. The first kappa shape index (κ1) is 21.6. The number of urea groups is 1. The Morgan fingerprint density at radius 3 is 2.27 bits per heavy atom. The molecule has 0 saturated carbocycles. The lowest BCUT2D eigenvalue weighted by Gasteiger charge is -2.18. The highest BCUT2D eigenvalue weighted by Gasteiger charge is 2.27. The molecule has 0 aliphatic carbocycles. The number of alkyl halides is 3. The van der Waals surface area contributed by atoms with Gasteiger partial charge in [-0.05, 0) is 33.5 Å². The number of benzene rings is 3. The molecular weight excluding hydrogens is 393 g/mol. The number of fused-ring (bicyclic) bond motifs is 1. The minimum Gasteiger partial charge on any atom is -0.367 e. The Morgan fingerprint density at radius 2 is 1.57 bits per heavy atom. The Kier molecular flexibility index (Phi) is 6.95. The zero-order valence-electron chi connectivity index (χ0n) is 16.6. The molecule has 30 heavy (non-hydrogen) atoms. The number of amides is 2. The van der Waals surface area contributed by atoms with E-state index in [2.05, 4.69) is 16.1 Å². The highest BCUT2D eigenvalue weighted by Crippen LogP contribution is 2.17. The molecule has 0 radical (unpaired) electrons. The Balaban J connectivity index is 1.47. The molecule has 1 N–H and O–H groups in total. The van der Waals surface area contributed by atoms with E-state index in [-0.39, 0.29) is 12.6 Å². The Labute approximate surface area is 173 Å². The van der Waals surface area contributed by atoms with Gasteiger partial charge in [0.05, 0.1) is 6.61 Å². The molecule has 0 unspecified atom stereocenters. The zero-order valence-corrected chi connectivity index (χ0v) is 16.6. The van der Waals surface area contributed by atoms with Crippen molar-refractivity contribution in [3.8, 4) is 0 Å². The number of carbonyl (C=O) groups is 1. The van der Waals surface area contributed by atoms with E-state index in [1.54, 1.807) is 36.2 Å². The first-order chi connectivity index (χ1) is 14.3. The summed E-state index contributed by atoms with van der Waals surface area (Å²) >= 11 is 0. The molecule has 0 saturated heterocycles. The molecule has 4 nitrogen and oxygen atoms in total. The summed E-state index contributed by atoms with van der Waals surface area (Å²) < 4.78 is 40.9. The molecule has 0 aliphatic rings. The van der Waals surface area contributed by atoms with Gasteiger partial charge in [-0.15, -0.1) is 0 Å². The lowest BCUT2D eigenvalue weighted by molar-refractivity contribution is -0.176. The number of nitrogens with zero attached hydrogens (tertiary/aromatic N) is 1. The van der Waals surface area contributed by atoms with Crippen LogP contribution >= 0.6 is 0 Å². The van der Waals surface area contributed by atoms with Crippen LogP contribution in [-0.4, -0.2) is 30.8 Å². The van der Waals surface area contributed by atoms with Crippen LogP contribution in [0.5, 0.6) is 0 Å². The van der Waals surface area contributed by atoms with Gasteiger partial charge < -0.3 is 15.0 Å². The number of nitrogens with one attached hydrogen (secondary N) is 1. The number of hydrogen-bond donors (Lipinski definition) is 1. The molecular formula is C23H23F3N2O2. The van der Waals surface area contributed by atoms with Crippen LogP contribution in [0.4, 0.5) is 18.0 Å². The summed E-state index contributed by atoms with van der Waals surface area (Å²) in [5.41, 5.74) is 2.53. The third-order valence-electron chi connectivity index (χ3n) is 4.58. The number of hydrogen-bond acceptors (Lipinski definition) is 2. The molecule has 0 aliphatic heterocycles. The van der Waals surface area contributed by atoms with Crippen molar-refractivity contribution >= 4 is 16.8 Å². The first-order valence-corrected chi connectivity index (χ1v) is 9.49. The van der Waals surface area contributed by atoms with Crippen molar-refractivity contribution in [2.75, 3.05) is 13.7 Å². The van der Waals surface area contributed by atoms with Gasteiger partial charge in [-0.2, -0.15) is 13.2 Å². The van der Waals surface area contributed by atoms with E-state index in [1.165, 1.54) is 0 Å². The van der Waals surface area contributed by atoms with Crippen molar-refractivity contribution in [3.05, 3.63) is 83.4 Å². The SMILES string of the molecule is CN(Cc1ccc2ccccc2c1)C(=O)NCc1ccc(COCC(F)(F)F)cc1. The van der Waals surface area contributed by atoms with E-state index in [4.69, 9.17) is 0 Å². The molecule has 0 bridgehead atoms. The molecule has 0 fully saturated rings. The smallest absolute Gasteiger partial charge is 0.367 e. The maximum absolute atomic E-state index is 12.4. The molecule has 0 spiro atoms. The standard InChI is InChI=1S/C23H23F3N2O2/c1-28(14-19-10-11-20-4-2-3-5-21(20)12-19)22(29)27-13-17-6-8-18(9-7-17)15-30-16-23(24,25)26/h2-12H,13-16H2,1H3,(H,27,29). The van der Waals surface area contributed by atoms with Crippen LogP contribution in [-0.2, 0) is 24.4 Å². The van der Waals surface area contributed by atoms with Crippen molar-refractivity contribution in [1.29, 1.82) is 0 Å². The Hall–Kier alpha value is -3.06. The summed E-state index contributed by atoms with van der Waals surface area (Å²) in [5, 5.41) is 5.13. The van der Waals surface area contributed by atoms with Crippen molar-refractivity contribution in [1.82, 2.24) is 10.2 Å². The second-order valence-corrected chi connectivity index (χ2v) is 7.12. The normalized spacial score (nSPS) is 11.5. The largest absolute Gasteiger partial charge is 0.411 e. The number of rotatable bonds is 7. The van der Waals surface area contributed by atoms with E-state index in [9.17, 15) is 18.0 Å². The third-order valence-corrected chi connectivity index (χ3v) is 4.58. The van der Waals surface area contributed by atoms with Crippen LogP contribution in [0.3, 0.4) is 0 Å². The predicted molar refractivity (Wildman–Crippen MR) is 110 cm³/mol. The Bertz CT molecular complexity index is 988. The maximum Gasteiger partial charge on any atom is 0.411 e. The van der Waals surface area contributed by atoms with Gasteiger partial charge in [-0.3, -0.25) is 0 Å².